The Hall–Kier alpha value is -2.81. The first-order valence-electron chi connectivity index (χ1n) is 8.66. The minimum atomic E-state index is -1.12. The van der Waals surface area contributed by atoms with Crippen molar-refractivity contribution in [3.63, 3.8) is 0 Å². The molecule has 0 saturated heterocycles. The molecular weight excluding hydrogens is 402 g/mol. The molecule has 0 saturated carbocycles. The molecular formula is C20H20ClNO7. The quantitative estimate of drug-likeness (QED) is 0.654. The Morgan fingerprint density at radius 3 is 2.41 bits per heavy atom. The monoisotopic (exact) mass is 421 g/mol. The third kappa shape index (κ3) is 4.29. The van der Waals surface area contributed by atoms with Crippen molar-refractivity contribution in [3.05, 3.63) is 58.1 Å². The topological polar surface area (TPSA) is 94.5 Å². The van der Waals surface area contributed by atoms with Crippen LogP contribution in [0.25, 0.3) is 0 Å². The second kappa shape index (κ2) is 9.13. The van der Waals surface area contributed by atoms with E-state index in [9.17, 15) is 14.7 Å². The highest BCUT2D eigenvalue weighted by Gasteiger charge is 2.39. The molecule has 0 radical (unpaired) electrons. The number of carboxylic acid groups (broad SMARTS) is 1. The van der Waals surface area contributed by atoms with Crippen LogP contribution in [0.15, 0.2) is 36.4 Å². The van der Waals surface area contributed by atoms with Crippen LogP contribution in [0, 0.1) is 0 Å². The Balaban J connectivity index is 1.99. The van der Waals surface area contributed by atoms with Crippen molar-refractivity contribution in [2.24, 2.45) is 0 Å². The van der Waals surface area contributed by atoms with Gasteiger partial charge in [-0.05, 0) is 17.2 Å². The highest BCUT2D eigenvalue weighted by Crippen LogP contribution is 2.39. The molecule has 1 unspecified atom stereocenters. The smallest absolute Gasteiger partial charge is 0.331 e. The van der Waals surface area contributed by atoms with E-state index in [0.717, 1.165) is 5.56 Å². The number of nitrogens with zero attached hydrogens (tertiary/aromatic N) is 1. The molecule has 29 heavy (non-hydrogen) atoms. The number of carbonyl (C=O) groups excluding carboxylic acids is 1. The number of hydrogen-bond acceptors (Lipinski definition) is 6. The lowest BCUT2D eigenvalue weighted by molar-refractivity contribution is -0.142. The second-order valence-corrected chi connectivity index (χ2v) is 6.66. The number of carbonyl (C=O) groups is 2. The summed E-state index contributed by atoms with van der Waals surface area (Å²) in [4.78, 5) is 26.5. The third-order valence-electron chi connectivity index (χ3n) is 4.43. The summed E-state index contributed by atoms with van der Waals surface area (Å²) in [7, 11) is 2.91. The van der Waals surface area contributed by atoms with E-state index in [2.05, 4.69) is 0 Å². The van der Waals surface area contributed by atoms with Crippen LogP contribution in [0.3, 0.4) is 0 Å². The van der Waals surface area contributed by atoms with E-state index >= 15 is 0 Å². The zero-order valence-electron chi connectivity index (χ0n) is 15.9. The van der Waals surface area contributed by atoms with E-state index in [1.807, 2.05) is 0 Å². The van der Waals surface area contributed by atoms with E-state index in [-0.39, 0.29) is 42.2 Å². The van der Waals surface area contributed by atoms with Crippen LogP contribution in [0.1, 0.15) is 27.5 Å². The van der Waals surface area contributed by atoms with Crippen molar-refractivity contribution < 1.29 is 33.6 Å². The van der Waals surface area contributed by atoms with Gasteiger partial charge in [-0.25, -0.2) is 4.79 Å². The van der Waals surface area contributed by atoms with Gasteiger partial charge in [0.1, 0.15) is 11.5 Å². The van der Waals surface area contributed by atoms with Gasteiger partial charge in [0.15, 0.2) is 19.6 Å². The Kier molecular flexibility index (Phi) is 6.58. The van der Waals surface area contributed by atoms with Crippen LogP contribution >= 0.6 is 11.6 Å². The number of rotatable bonds is 8. The number of hydrogen-bond donors (Lipinski definition) is 1. The van der Waals surface area contributed by atoms with E-state index < -0.39 is 17.9 Å². The lowest BCUT2D eigenvalue weighted by Gasteiger charge is -2.23. The largest absolute Gasteiger partial charge is 0.479 e. The number of carboxylic acids is 1. The molecule has 1 heterocycles. The average Bonchev–Trinajstić information content (AvgIpc) is 3.11. The number of fused-ring (bicyclic) bond motifs is 1. The van der Waals surface area contributed by atoms with Gasteiger partial charge < -0.3 is 29.0 Å². The van der Waals surface area contributed by atoms with E-state index in [0.29, 0.717) is 5.56 Å². The van der Waals surface area contributed by atoms with Crippen molar-refractivity contribution in [1.82, 2.24) is 4.90 Å². The number of halogens is 1. The molecule has 0 aliphatic carbocycles. The number of amides is 1. The van der Waals surface area contributed by atoms with Gasteiger partial charge in [-0.1, -0.05) is 35.9 Å². The van der Waals surface area contributed by atoms with Crippen molar-refractivity contribution in [3.8, 4) is 11.5 Å². The maximum Gasteiger partial charge on any atom is 0.331 e. The minimum Gasteiger partial charge on any atom is -0.479 e. The molecule has 9 heteroatoms. The summed E-state index contributed by atoms with van der Waals surface area (Å²) in [5.41, 5.74) is 1.47. The summed E-state index contributed by atoms with van der Waals surface area (Å²) in [6, 6.07) is 8.80. The molecule has 0 bridgehead atoms. The average molecular weight is 422 g/mol. The molecule has 1 amide bonds. The SMILES string of the molecule is COCOc1cc(OCOC)c(C(=O)N2Cc3ccccc3C2C(=O)O)cc1Cl. The Morgan fingerprint density at radius 1 is 1.10 bits per heavy atom. The van der Waals surface area contributed by atoms with E-state index in [4.69, 9.17) is 30.5 Å². The zero-order chi connectivity index (χ0) is 21.0. The summed E-state index contributed by atoms with van der Waals surface area (Å²) in [6.45, 7) is 0.00268. The molecule has 0 aromatic heterocycles. The van der Waals surface area contributed by atoms with Gasteiger partial charge in [0.05, 0.1) is 10.6 Å². The van der Waals surface area contributed by atoms with Crippen molar-refractivity contribution in [1.29, 1.82) is 0 Å². The predicted octanol–water partition coefficient (Wildman–Crippen LogP) is 3.09. The minimum absolute atomic E-state index is 0.0424. The fourth-order valence-corrected chi connectivity index (χ4v) is 3.39. The standard InChI is InChI=1S/C20H20ClNO7/c1-26-10-28-16-8-17(29-11-27-2)15(21)7-14(16)19(23)22-9-12-5-3-4-6-13(12)18(22)20(24)25/h3-8,18H,9-11H2,1-2H3,(H,24,25). The summed E-state index contributed by atoms with van der Waals surface area (Å²) >= 11 is 6.26. The first kappa shape index (κ1) is 20.9. The first-order chi connectivity index (χ1) is 14.0. The Bertz CT molecular complexity index is 918. The van der Waals surface area contributed by atoms with Gasteiger partial charge in [-0.15, -0.1) is 0 Å². The summed E-state index contributed by atoms with van der Waals surface area (Å²) < 4.78 is 20.7. The zero-order valence-corrected chi connectivity index (χ0v) is 16.6. The Labute approximate surface area is 172 Å². The maximum atomic E-state index is 13.3. The van der Waals surface area contributed by atoms with Gasteiger partial charge in [0.25, 0.3) is 5.91 Å². The first-order valence-corrected chi connectivity index (χ1v) is 9.04. The molecule has 0 spiro atoms. The number of methoxy groups -OCH3 is 2. The molecule has 2 aromatic carbocycles. The van der Waals surface area contributed by atoms with Gasteiger partial charge in [-0.2, -0.15) is 0 Å². The maximum absolute atomic E-state index is 13.3. The van der Waals surface area contributed by atoms with Gasteiger partial charge in [0.2, 0.25) is 0 Å². The molecule has 1 N–H and O–H groups in total. The fraction of sp³-hybridized carbons (Fsp3) is 0.300. The van der Waals surface area contributed by atoms with Crippen molar-refractivity contribution >= 4 is 23.5 Å². The third-order valence-corrected chi connectivity index (χ3v) is 4.72. The summed E-state index contributed by atoms with van der Waals surface area (Å²) in [5, 5.41) is 9.89. The second-order valence-electron chi connectivity index (χ2n) is 6.25. The molecule has 8 nitrogen and oxygen atoms in total. The van der Waals surface area contributed by atoms with Gasteiger partial charge in [0, 0.05) is 26.8 Å². The van der Waals surface area contributed by atoms with Crippen LogP contribution < -0.4 is 9.47 Å². The lowest BCUT2D eigenvalue weighted by Crippen LogP contribution is -2.34. The normalized spacial score (nSPS) is 15.1. The van der Waals surface area contributed by atoms with Crippen molar-refractivity contribution in [2.75, 3.05) is 27.8 Å². The molecule has 1 aliphatic heterocycles. The highest BCUT2D eigenvalue weighted by atomic mass is 35.5. The van der Waals surface area contributed by atoms with Gasteiger partial charge in [-0.3, -0.25) is 4.79 Å². The number of benzene rings is 2. The molecule has 1 atom stereocenters. The predicted molar refractivity (Wildman–Crippen MR) is 103 cm³/mol. The molecule has 2 aromatic rings. The number of aliphatic carboxylic acids is 1. The van der Waals surface area contributed by atoms with Crippen LogP contribution in [0.2, 0.25) is 5.02 Å². The summed E-state index contributed by atoms with van der Waals surface area (Å²) in [5.74, 6) is -1.23. The van der Waals surface area contributed by atoms with Crippen LogP contribution in [-0.4, -0.2) is 49.7 Å². The van der Waals surface area contributed by atoms with E-state index in [1.165, 1.54) is 31.3 Å². The Morgan fingerprint density at radius 2 is 1.76 bits per heavy atom. The fourth-order valence-electron chi connectivity index (χ4n) is 3.17. The summed E-state index contributed by atoms with van der Waals surface area (Å²) in [6.07, 6.45) is 0. The van der Waals surface area contributed by atoms with Crippen LogP contribution in [-0.2, 0) is 20.8 Å². The molecule has 3 rings (SSSR count). The van der Waals surface area contributed by atoms with Crippen molar-refractivity contribution in [2.45, 2.75) is 12.6 Å². The number of ether oxygens (including phenoxy) is 4. The van der Waals surface area contributed by atoms with Gasteiger partial charge >= 0.3 is 5.97 Å². The molecule has 0 fully saturated rings. The van der Waals surface area contributed by atoms with Crippen LogP contribution in [0.4, 0.5) is 0 Å². The molecule has 154 valence electrons. The molecule has 1 aliphatic rings. The van der Waals surface area contributed by atoms with E-state index in [1.54, 1.807) is 24.3 Å². The van der Waals surface area contributed by atoms with Crippen LogP contribution in [0.5, 0.6) is 11.5 Å². The highest BCUT2D eigenvalue weighted by molar-refractivity contribution is 6.32. The lowest BCUT2D eigenvalue weighted by atomic mass is 10.0.